The van der Waals surface area contributed by atoms with E-state index in [1.807, 2.05) is 14.0 Å². The van der Waals surface area contributed by atoms with Crippen LogP contribution in [-0.2, 0) is 13.6 Å². The van der Waals surface area contributed by atoms with Crippen LogP contribution in [0.15, 0.2) is 18.6 Å². The largest absolute Gasteiger partial charge is 0.369 e. The highest BCUT2D eigenvalue weighted by Crippen LogP contribution is 2.06. The Morgan fingerprint density at radius 1 is 1.29 bits per heavy atom. The highest BCUT2D eigenvalue weighted by Gasteiger charge is 2.10. The summed E-state index contributed by atoms with van der Waals surface area (Å²) in [5.41, 5.74) is 2.32. The highest BCUT2D eigenvalue weighted by molar-refractivity contribution is 5.91. The normalized spacial score (nSPS) is 10.4. The minimum absolute atomic E-state index is 0.243. The molecule has 7 nitrogen and oxygen atoms in total. The lowest BCUT2D eigenvalue weighted by atomic mass is 10.2. The van der Waals surface area contributed by atoms with Crippen molar-refractivity contribution in [2.75, 3.05) is 11.9 Å². The van der Waals surface area contributed by atoms with E-state index in [4.69, 9.17) is 0 Å². The Bertz CT molecular complexity index is 604. The van der Waals surface area contributed by atoms with Crippen molar-refractivity contribution in [3.63, 3.8) is 0 Å². The standard InChI is InChI=1S/C14H20N6O/c1-4-5-15-13-9-16-12(8-17-13)14(21)18-6-11-7-19-20(3)10(11)2/h7-9H,4-6H2,1-3H3,(H,15,17)(H,18,21). The van der Waals surface area contributed by atoms with Crippen LogP contribution in [0.25, 0.3) is 0 Å². The van der Waals surface area contributed by atoms with Crippen LogP contribution >= 0.6 is 0 Å². The summed E-state index contributed by atoms with van der Waals surface area (Å²) in [7, 11) is 1.87. The SMILES string of the molecule is CCCNc1cnc(C(=O)NCc2cnn(C)c2C)cn1. The topological polar surface area (TPSA) is 84.7 Å². The van der Waals surface area contributed by atoms with Crippen LogP contribution in [-0.4, -0.2) is 32.2 Å². The van der Waals surface area contributed by atoms with Crippen LogP contribution in [0.4, 0.5) is 5.82 Å². The highest BCUT2D eigenvalue weighted by atomic mass is 16.1. The Kier molecular flexibility index (Phi) is 4.86. The lowest BCUT2D eigenvalue weighted by molar-refractivity contribution is 0.0945. The molecule has 0 spiro atoms. The van der Waals surface area contributed by atoms with Crippen molar-refractivity contribution >= 4 is 11.7 Å². The molecule has 7 heteroatoms. The van der Waals surface area contributed by atoms with Gasteiger partial charge in [-0.15, -0.1) is 0 Å². The molecule has 0 aromatic carbocycles. The van der Waals surface area contributed by atoms with E-state index in [0.717, 1.165) is 24.2 Å². The van der Waals surface area contributed by atoms with Gasteiger partial charge in [0.15, 0.2) is 0 Å². The third kappa shape index (κ3) is 3.77. The summed E-state index contributed by atoms with van der Waals surface area (Å²) >= 11 is 0. The van der Waals surface area contributed by atoms with Crippen molar-refractivity contribution < 1.29 is 4.79 Å². The number of hydrogen-bond acceptors (Lipinski definition) is 5. The summed E-state index contributed by atoms with van der Waals surface area (Å²) < 4.78 is 1.77. The van der Waals surface area contributed by atoms with E-state index in [1.165, 1.54) is 6.20 Å². The first-order valence-electron chi connectivity index (χ1n) is 6.93. The van der Waals surface area contributed by atoms with Gasteiger partial charge in [0.05, 0.1) is 18.6 Å². The van der Waals surface area contributed by atoms with E-state index in [-0.39, 0.29) is 5.91 Å². The second kappa shape index (κ2) is 6.83. The Morgan fingerprint density at radius 3 is 2.67 bits per heavy atom. The number of aryl methyl sites for hydroxylation is 1. The maximum Gasteiger partial charge on any atom is 0.271 e. The van der Waals surface area contributed by atoms with Gasteiger partial charge in [-0.05, 0) is 13.3 Å². The van der Waals surface area contributed by atoms with Crippen molar-refractivity contribution in [3.05, 3.63) is 35.5 Å². The van der Waals surface area contributed by atoms with Crippen LogP contribution < -0.4 is 10.6 Å². The average Bonchev–Trinajstić information content (AvgIpc) is 2.83. The molecule has 2 heterocycles. The molecule has 0 atom stereocenters. The minimum atomic E-state index is -0.243. The molecular formula is C14H20N6O. The number of nitrogens with one attached hydrogen (secondary N) is 2. The van der Waals surface area contributed by atoms with Gasteiger partial charge >= 0.3 is 0 Å². The summed E-state index contributed by atoms with van der Waals surface area (Å²) in [6, 6.07) is 0. The Hall–Kier alpha value is -2.44. The number of nitrogens with zero attached hydrogens (tertiary/aromatic N) is 4. The van der Waals surface area contributed by atoms with E-state index < -0.39 is 0 Å². The molecule has 0 saturated heterocycles. The molecular weight excluding hydrogens is 268 g/mol. The van der Waals surface area contributed by atoms with Crippen LogP contribution in [0.2, 0.25) is 0 Å². The summed E-state index contributed by atoms with van der Waals surface area (Å²) in [6.45, 7) is 5.29. The number of carbonyl (C=O) groups is 1. The van der Waals surface area contributed by atoms with E-state index in [9.17, 15) is 4.79 Å². The number of hydrogen-bond donors (Lipinski definition) is 2. The fraction of sp³-hybridized carbons (Fsp3) is 0.429. The maximum absolute atomic E-state index is 12.0. The molecule has 0 aliphatic heterocycles. The molecule has 0 aliphatic rings. The van der Waals surface area contributed by atoms with Gasteiger partial charge in [-0.25, -0.2) is 9.97 Å². The summed E-state index contributed by atoms with van der Waals surface area (Å²) in [6.07, 6.45) is 5.80. The van der Waals surface area contributed by atoms with Gasteiger partial charge in [-0.2, -0.15) is 5.10 Å². The van der Waals surface area contributed by atoms with Crippen LogP contribution in [0.5, 0.6) is 0 Å². The number of amides is 1. The van der Waals surface area contributed by atoms with Crippen molar-refractivity contribution in [3.8, 4) is 0 Å². The lowest BCUT2D eigenvalue weighted by Gasteiger charge is -2.06. The second-order valence-electron chi connectivity index (χ2n) is 4.78. The molecule has 0 saturated carbocycles. The summed E-state index contributed by atoms with van der Waals surface area (Å²) in [5, 5.41) is 10.1. The van der Waals surface area contributed by atoms with Gasteiger partial charge in [0.1, 0.15) is 11.5 Å². The Balaban J connectivity index is 1.92. The molecule has 0 bridgehead atoms. The second-order valence-corrected chi connectivity index (χ2v) is 4.78. The van der Waals surface area contributed by atoms with Gasteiger partial charge in [-0.3, -0.25) is 9.48 Å². The number of aromatic nitrogens is 4. The third-order valence-electron chi connectivity index (χ3n) is 3.22. The molecule has 0 unspecified atom stereocenters. The van der Waals surface area contributed by atoms with Gasteiger partial charge in [0.25, 0.3) is 5.91 Å². The zero-order chi connectivity index (χ0) is 15.2. The lowest BCUT2D eigenvalue weighted by Crippen LogP contribution is -2.24. The van der Waals surface area contributed by atoms with E-state index in [2.05, 4.69) is 32.6 Å². The van der Waals surface area contributed by atoms with Crippen molar-refractivity contribution in [2.24, 2.45) is 7.05 Å². The first kappa shape index (κ1) is 15.0. The molecule has 21 heavy (non-hydrogen) atoms. The van der Waals surface area contributed by atoms with Gasteiger partial charge < -0.3 is 10.6 Å². The molecule has 0 radical (unpaired) electrons. The Labute approximate surface area is 123 Å². The van der Waals surface area contributed by atoms with Crippen molar-refractivity contribution in [1.29, 1.82) is 0 Å². The molecule has 2 aromatic rings. The first-order valence-corrected chi connectivity index (χ1v) is 6.93. The van der Waals surface area contributed by atoms with Gasteiger partial charge in [-0.1, -0.05) is 6.92 Å². The maximum atomic E-state index is 12.0. The number of rotatable bonds is 6. The monoisotopic (exact) mass is 288 g/mol. The van der Waals surface area contributed by atoms with Gasteiger partial charge in [0.2, 0.25) is 0 Å². The fourth-order valence-electron chi connectivity index (χ4n) is 1.77. The van der Waals surface area contributed by atoms with Crippen LogP contribution in [0, 0.1) is 6.92 Å². The molecule has 1 amide bonds. The summed E-state index contributed by atoms with van der Waals surface area (Å²) in [5.74, 6) is 0.435. The predicted molar refractivity (Wildman–Crippen MR) is 79.9 cm³/mol. The zero-order valence-corrected chi connectivity index (χ0v) is 12.6. The molecule has 2 N–H and O–H groups in total. The molecule has 0 aliphatic carbocycles. The van der Waals surface area contributed by atoms with E-state index in [0.29, 0.717) is 18.1 Å². The smallest absolute Gasteiger partial charge is 0.271 e. The zero-order valence-electron chi connectivity index (χ0n) is 12.6. The number of anilines is 1. The summed E-state index contributed by atoms with van der Waals surface area (Å²) in [4.78, 5) is 20.3. The van der Waals surface area contributed by atoms with Crippen molar-refractivity contribution in [2.45, 2.75) is 26.8 Å². The van der Waals surface area contributed by atoms with Crippen molar-refractivity contribution in [1.82, 2.24) is 25.1 Å². The molecule has 112 valence electrons. The third-order valence-corrected chi connectivity index (χ3v) is 3.22. The Morgan fingerprint density at radius 2 is 2.10 bits per heavy atom. The van der Waals surface area contributed by atoms with Gasteiger partial charge in [0, 0.05) is 31.4 Å². The fourth-order valence-corrected chi connectivity index (χ4v) is 1.77. The predicted octanol–water partition coefficient (Wildman–Crippen LogP) is 1.27. The molecule has 2 rings (SSSR count). The molecule has 0 fully saturated rings. The quantitative estimate of drug-likeness (QED) is 0.836. The average molecular weight is 288 g/mol. The first-order chi connectivity index (χ1) is 10.1. The van der Waals surface area contributed by atoms with Crippen LogP contribution in [0.3, 0.4) is 0 Å². The van der Waals surface area contributed by atoms with Crippen LogP contribution in [0.1, 0.15) is 35.1 Å². The molecule has 2 aromatic heterocycles. The minimum Gasteiger partial charge on any atom is -0.369 e. The van der Waals surface area contributed by atoms with E-state index >= 15 is 0 Å². The number of carbonyl (C=O) groups excluding carboxylic acids is 1. The van der Waals surface area contributed by atoms with E-state index in [1.54, 1.807) is 17.1 Å².